The Bertz CT molecular complexity index is 693. The molecule has 0 aliphatic carbocycles. The first-order chi connectivity index (χ1) is 8.18. The first-order valence-electron chi connectivity index (χ1n) is 5.28. The molecule has 0 aliphatic heterocycles. The normalized spacial score (nSPS) is 11.2. The lowest BCUT2D eigenvalue weighted by Gasteiger charge is -2.03. The van der Waals surface area contributed by atoms with Gasteiger partial charge in [-0.25, -0.2) is 4.68 Å². The van der Waals surface area contributed by atoms with Crippen molar-refractivity contribution in [2.75, 3.05) is 5.73 Å². The van der Waals surface area contributed by atoms with Gasteiger partial charge in [-0.05, 0) is 19.1 Å². The molecule has 0 fully saturated rings. The van der Waals surface area contributed by atoms with Crippen molar-refractivity contribution in [3.63, 3.8) is 0 Å². The van der Waals surface area contributed by atoms with Crippen molar-refractivity contribution in [2.45, 2.75) is 6.92 Å². The number of para-hydroxylation sites is 1. The lowest BCUT2D eigenvalue weighted by Crippen LogP contribution is -2.06. The molecule has 0 amide bonds. The van der Waals surface area contributed by atoms with Gasteiger partial charge in [-0.15, -0.1) is 5.10 Å². The van der Waals surface area contributed by atoms with E-state index in [4.69, 9.17) is 5.73 Å². The van der Waals surface area contributed by atoms with Crippen molar-refractivity contribution in [2.24, 2.45) is 7.05 Å². The average Bonchev–Trinajstić information content (AvgIpc) is 2.82. The van der Waals surface area contributed by atoms with Crippen molar-refractivity contribution in [3.05, 3.63) is 30.0 Å². The molecule has 2 aromatic heterocycles. The Morgan fingerprint density at radius 1 is 1.24 bits per heavy atom. The third kappa shape index (κ3) is 1.30. The summed E-state index contributed by atoms with van der Waals surface area (Å²) in [5, 5.41) is 12.5. The summed E-state index contributed by atoms with van der Waals surface area (Å²) in [4.78, 5) is 0. The molecule has 0 aliphatic rings. The lowest BCUT2D eigenvalue weighted by molar-refractivity contribution is 0.687. The molecular weight excluding hydrogens is 216 g/mol. The fourth-order valence-electron chi connectivity index (χ4n) is 1.94. The standard InChI is InChI=1S/C11H12N6/c1-7-10(12)11(16(2)14-7)17-9-6-4-3-5-8(9)13-15-17/h3-6H,12H2,1-2H3. The van der Waals surface area contributed by atoms with E-state index >= 15 is 0 Å². The molecule has 86 valence electrons. The number of nitrogen functional groups attached to an aromatic ring is 1. The predicted molar refractivity (Wildman–Crippen MR) is 64.8 cm³/mol. The molecule has 0 unspecified atom stereocenters. The second kappa shape index (κ2) is 3.31. The summed E-state index contributed by atoms with van der Waals surface area (Å²) in [6, 6.07) is 7.75. The Hall–Kier alpha value is -2.37. The minimum Gasteiger partial charge on any atom is -0.394 e. The molecule has 0 saturated heterocycles. The van der Waals surface area contributed by atoms with Crippen LogP contribution in [0.15, 0.2) is 24.3 Å². The zero-order valence-corrected chi connectivity index (χ0v) is 9.62. The monoisotopic (exact) mass is 228 g/mol. The second-order valence-corrected chi connectivity index (χ2v) is 3.94. The van der Waals surface area contributed by atoms with E-state index in [9.17, 15) is 0 Å². The highest BCUT2D eigenvalue weighted by Crippen LogP contribution is 2.22. The highest BCUT2D eigenvalue weighted by Gasteiger charge is 2.15. The molecule has 6 heteroatoms. The van der Waals surface area contributed by atoms with Gasteiger partial charge in [0.1, 0.15) is 5.52 Å². The summed E-state index contributed by atoms with van der Waals surface area (Å²) in [6.45, 7) is 1.87. The van der Waals surface area contributed by atoms with Crippen LogP contribution < -0.4 is 5.73 Å². The van der Waals surface area contributed by atoms with E-state index in [0.29, 0.717) is 5.69 Å². The van der Waals surface area contributed by atoms with Gasteiger partial charge >= 0.3 is 0 Å². The van der Waals surface area contributed by atoms with Crippen molar-refractivity contribution >= 4 is 16.7 Å². The number of benzene rings is 1. The summed E-state index contributed by atoms with van der Waals surface area (Å²) in [7, 11) is 1.84. The third-order valence-corrected chi connectivity index (χ3v) is 2.79. The van der Waals surface area contributed by atoms with Crippen LogP contribution in [0.3, 0.4) is 0 Å². The Morgan fingerprint density at radius 2 is 2.00 bits per heavy atom. The Labute approximate surface area is 97.6 Å². The highest BCUT2D eigenvalue weighted by molar-refractivity contribution is 5.77. The zero-order valence-electron chi connectivity index (χ0n) is 9.62. The maximum absolute atomic E-state index is 6.01. The number of nitrogens with two attached hydrogens (primary N) is 1. The predicted octanol–water partition coefficient (Wildman–Crippen LogP) is 1.04. The first kappa shape index (κ1) is 9.83. The SMILES string of the molecule is Cc1nn(C)c(-n2nnc3ccccc32)c1N. The van der Waals surface area contributed by atoms with Gasteiger partial charge in [0.15, 0.2) is 5.82 Å². The Kier molecular flexibility index (Phi) is 1.91. The Morgan fingerprint density at radius 3 is 2.71 bits per heavy atom. The number of fused-ring (bicyclic) bond motifs is 1. The number of rotatable bonds is 1. The van der Waals surface area contributed by atoms with Crippen LogP contribution in [0.4, 0.5) is 5.69 Å². The van der Waals surface area contributed by atoms with Crippen LogP contribution in [0.1, 0.15) is 5.69 Å². The van der Waals surface area contributed by atoms with E-state index < -0.39 is 0 Å². The van der Waals surface area contributed by atoms with E-state index in [2.05, 4.69) is 15.4 Å². The fourth-order valence-corrected chi connectivity index (χ4v) is 1.94. The van der Waals surface area contributed by atoms with E-state index in [-0.39, 0.29) is 0 Å². The van der Waals surface area contributed by atoms with Crippen molar-refractivity contribution in [1.29, 1.82) is 0 Å². The molecule has 0 atom stereocenters. The number of hydrogen-bond acceptors (Lipinski definition) is 4. The van der Waals surface area contributed by atoms with E-state index in [1.807, 2.05) is 38.2 Å². The van der Waals surface area contributed by atoms with Gasteiger partial charge in [0.2, 0.25) is 0 Å². The molecule has 0 spiro atoms. The van der Waals surface area contributed by atoms with Crippen LogP contribution in [0.5, 0.6) is 0 Å². The molecule has 3 rings (SSSR count). The van der Waals surface area contributed by atoms with Crippen LogP contribution in [0.2, 0.25) is 0 Å². The van der Waals surface area contributed by atoms with Crippen molar-refractivity contribution < 1.29 is 0 Å². The fraction of sp³-hybridized carbons (Fsp3) is 0.182. The number of hydrogen-bond donors (Lipinski definition) is 1. The van der Waals surface area contributed by atoms with Gasteiger partial charge in [-0.3, -0.25) is 0 Å². The molecule has 0 saturated carbocycles. The minimum absolute atomic E-state index is 0.628. The zero-order chi connectivity index (χ0) is 12.0. The average molecular weight is 228 g/mol. The second-order valence-electron chi connectivity index (χ2n) is 3.94. The quantitative estimate of drug-likeness (QED) is 0.675. The maximum Gasteiger partial charge on any atom is 0.177 e. The maximum atomic E-state index is 6.01. The number of aryl methyl sites for hydroxylation is 2. The van der Waals surface area contributed by atoms with Crippen LogP contribution in [0.25, 0.3) is 16.9 Å². The van der Waals surface area contributed by atoms with E-state index in [1.54, 1.807) is 9.36 Å². The molecule has 3 aromatic rings. The molecule has 6 nitrogen and oxygen atoms in total. The topological polar surface area (TPSA) is 74.5 Å². The van der Waals surface area contributed by atoms with Crippen molar-refractivity contribution in [3.8, 4) is 5.82 Å². The summed E-state index contributed by atoms with van der Waals surface area (Å²) in [5.74, 6) is 0.746. The summed E-state index contributed by atoms with van der Waals surface area (Å²) in [6.07, 6.45) is 0. The Balaban J connectivity index is 2.35. The smallest absolute Gasteiger partial charge is 0.177 e. The lowest BCUT2D eigenvalue weighted by atomic mass is 10.3. The minimum atomic E-state index is 0.628. The highest BCUT2D eigenvalue weighted by atomic mass is 15.5. The number of anilines is 1. The van der Waals surface area contributed by atoms with Crippen LogP contribution in [-0.4, -0.2) is 24.8 Å². The van der Waals surface area contributed by atoms with E-state index in [0.717, 1.165) is 22.5 Å². The number of aromatic nitrogens is 5. The third-order valence-electron chi connectivity index (χ3n) is 2.79. The molecule has 2 heterocycles. The molecular formula is C11H12N6. The van der Waals surface area contributed by atoms with Gasteiger partial charge in [-0.2, -0.15) is 9.78 Å². The van der Waals surface area contributed by atoms with Gasteiger partial charge in [0, 0.05) is 7.05 Å². The van der Waals surface area contributed by atoms with Gasteiger partial charge in [0.05, 0.1) is 16.9 Å². The molecule has 17 heavy (non-hydrogen) atoms. The van der Waals surface area contributed by atoms with Gasteiger partial charge < -0.3 is 5.73 Å². The van der Waals surface area contributed by atoms with Gasteiger partial charge in [-0.1, -0.05) is 17.3 Å². The molecule has 0 bridgehead atoms. The molecule has 0 radical (unpaired) electrons. The summed E-state index contributed by atoms with van der Waals surface area (Å²) in [5.41, 5.74) is 9.19. The summed E-state index contributed by atoms with van der Waals surface area (Å²) >= 11 is 0. The van der Waals surface area contributed by atoms with Crippen LogP contribution in [0, 0.1) is 6.92 Å². The van der Waals surface area contributed by atoms with Crippen LogP contribution >= 0.6 is 0 Å². The van der Waals surface area contributed by atoms with E-state index in [1.165, 1.54) is 0 Å². The van der Waals surface area contributed by atoms with Crippen molar-refractivity contribution in [1.82, 2.24) is 24.8 Å². The van der Waals surface area contributed by atoms with Gasteiger partial charge in [0.25, 0.3) is 0 Å². The first-order valence-corrected chi connectivity index (χ1v) is 5.28. The molecule has 2 N–H and O–H groups in total. The molecule has 1 aromatic carbocycles. The largest absolute Gasteiger partial charge is 0.394 e. The number of nitrogens with zero attached hydrogens (tertiary/aromatic N) is 5. The summed E-state index contributed by atoms with van der Waals surface area (Å²) < 4.78 is 3.43. The van der Waals surface area contributed by atoms with Crippen LogP contribution in [-0.2, 0) is 7.05 Å².